The Morgan fingerprint density at radius 3 is 2.00 bits per heavy atom. The number of hydrogen-bond donors (Lipinski definition) is 2. The zero-order chi connectivity index (χ0) is 14.1. The van der Waals surface area contributed by atoms with Crippen molar-refractivity contribution >= 4 is 11.8 Å². The summed E-state index contributed by atoms with van der Waals surface area (Å²) in [6, 6.07) is 0. The van der Waals surface area contributed by atoms with E-state index in [0.29, 0.717) is 6.92 Å². The first-order valence-corrected chi connectivity index (χ1v) is 5.51. The summed E-state index contributed by atoms with van der Waals surface area (Å²) < 4.78 is 37.8. The van der Waals surface area contributed by atoms with Crippen molar-refractivity contribution in [3.05, 3.63) is 0 Å². The molecule has 0 aromatic rings. The Morgan fingerprint density at radius 2 is 1.67 bits per heavy atom. The highest BCUT2D eigenvalue weighted by Gasteiger charge is 2.55. The first kappa shape index (κ1) is 14.7. The Bertz CT molecular complexity index is 347. The van der Waals surface area contributed by atoms with Crippen LogP contribution in [0.25, 0.3) is 0 Å². The van der Waals surface area contributed by atoms with E-state index in [1.54, 1.807) is 0 Å². The van der Waals surface area contributed by atoms with Gasteiger partial charge in [0.1, 0.15) is 0 Å². The molecule has 5 nitrogen and oxygen atoms in total. The van der Waals surface area contributed by atoms with E-state index in [-0.39, 0.29) is 31.8 Å². The highest BCUT2D eigenvalue weighted by molar-refractivity contribution is 5.87. The van der Waals surface area contributed by atoms with Crippen LogP contribution in [-0.2, 0) is 9.59 Å². The third-order valence-corrected chi connectivity index (χ3v) is 3.22. The largest absolute Gasteiger partial charge is 0.415 e. The number of hydrogen-bond acceptors (Lipinski definition) is 3. The fourth-order valence-electron chi connectivity index (χ4n) is 1.82. The van der Waals surface area contributed by atoms with Gasteiger partial charge in [-0.1, -0.05) is 0 Å². The van der Waals surface area contributed by atoms with Crippen molar-refractivity contribution in [1.29, 1.82) is 0 Å². The molecule has 0 aromatic heterocycles. The molecule has 0 saturated carbocycles. The number of primary amides is 1. The average molecular weight is 267 g/mol. The van der Waals surface area contributed by atoms with Gasteiger partial charge in [-0.15, -0.1) is 0 Å². The average Bonchev–Trinajstić information content (AvgIpc) is 2.26. The highest BCUT2D eigenvalue weighted by atomic mass is 19.4. The van der Waals surface area contributed by atoms with Gasteiger partial charge in [0.2, 0.25) is 5.91 Å². The van der Waals surface area contributed by atoms with Gasteiger partial charge in [0, 0.05) is 19.0 Å². The van der Waals surface area contributed by atoms with Crippen LogP contribution in [0.1, 0.15) is 19.8 Å². The van der Waals surface area contributed by atoms with Gasteiger partial charge in [-0.25, -0.2) is 0 Å². The van der Waals surface area contributed by atoms with E-state index in [1.165, 1.54) is 0 Å². The number of nitrogens with zero attached hydrogens (tertiary/aromatic N) is 1. The number of alkyl halides is 3. The minimum absolute atomic E-state index is 0.0648. The minimum atomic E-state index is -4.80. The molecule has 1 heterocycles. The van der Waals surface area contributed by atoms with Crippen molar-refractivity contribution < 1.29 is 22.8 Å². The van der Waals surface area contributed by atoms with E-state index >= 15 is 0 Å². The second-order valence-corrected chi connectivity index (χ2v) is 4.67. The molecule has 1 fully saturated rings. The molecule has 104 valence electrons. The SMILES string of the molecule is CC(N)(C(=O)N1CCC(C(N)=O)CC1)C(F)(F)F. The van der Waals surface area contributed by atoms with Crippen LogP contribution in [-0.4, -0.2) is 41.5 Å². The summed E-state index contributed by atoms with van der Waals surface area (Å²) in [5.74, 6) is -2.05. The normalized spacial score (nSPS) is 21.5. The maximum Gasteiger partial charge on any atom is 0.415 e. The molecule has 8 heteroatoms. The quantitative estimate of drug-likeness (QED) is 0.737. The summed E-state index contributed by atoms with van der Waals surface area (Å²) in [6.07, 6.45) is -4.26. The number of carbonyl (C=O) groups is 2. The molecule has 0 bridgehead atoms. The zero-order valence-corrected chi connectivity index (χ0v) is 9.96. The fraction of sp³-hybridized carbons (Fsp3) is 0.800. The summed E-state index contributed by atoms with van der Waals surface area (Å²) in [6.45, 7) is 0.778. The van der Waals surface area contributed by atoms with Gasteiger partial charge in [-0.05, 0) is 19.8 Å². The molecular weight excluding hydrogens is 251 g/mol. The number of nitrogens with two attached hydrogens (primary N) is 2. The Kier molecular flexibility index (Phi) is 3.89. The molecule has 4 N–H and O–H groups in total. The van der Waals surface area contributed by atoms with Crippen LogP contribution in [0.4, 0.5) is 13.2 Å². The van der Waals surface area contributed by atoms with Crippen molar-refractivity contribution in [1.82, 2.24) is 4.90 Å². The minimum Gasteiger partial charge on any atom is -0.369 e. The lowest BCUT2D eigenvalue weighted by Crippen LogP contribution is -2.63. The fourth-order valence-corrected chi connectivity index (χ4v) is 1.82. The molecule has 0 aliphatic carbocycles. The molecule has 1 rings (SSSR count). The van der Waals surface area contributed by atoms with Crippen LogP contribution in [0.15, 0.2) is 0 Å². The number of amides is 2. The van der Waals surface area contributed by atoms with Gasteiger partial charge >= 0.3 is 6.18 Å². The molecule has 1 aliphatic heterocycles. The number of halogens is 3. The standard InChI is InChI=1S/C10H16F3N3O2/c1-9(15,10(11,12)13)8(18)16-4-2-6(3-5-16)7(14)17/h6H,2-5,15H2,1H3,(H2,14,17). The van der Waals surface area contributed by atoms with Gasteiger partial charge < -0.3 is 16.4 Å². The van der Waals surface area contributed by atoms with Crippen LogP contribution in [0.5, 0.6) is 0 Å². The van der Waals surface area contributed by atoms with E-state index in [0.717, 1.165) is 4.90 Å². The topological polar surface area (TPSA) is 89.4 Å². The van der Waals surface area contributed by atoms with Crippen LogP contribution >= 0.6 is 0 Å². The van der Waals surface area contributed by atoms with Crippen molar-refractivity contribution in [2.24, 2.45) is 17.4 Å². The summed E-state index contributed by atoms with van der Waals surface area (Å²) in [5.41, 5.74) is 7.26. The summed E-state index contributed by atoms with van der Waals surface area (Å²) in [5, 5.41) is 0. The Hall–Kier alpha value is -1.31. The predicted molar refractivity (Wildman–Crippen MR) is 57.1 cm³/mol. The van der Waals surface area contributed by atoms with Gasteiger partial charge in [-0.2, -0.15) is 13.2 Å². The third-order valence-electron chi connectivity index (χ3n) is 3.22. The van der Waals surface area contributed by atoms with Crippen LogP contribution < -0.4 is 11.5 Å². The maximum absolute atomic E-state index is 12.6. The van der Waals surface area contributed by atoms with Crippen molar-refractivity contribution in [2.45, 2.75) is 31.5 Å². The molecular formula is C10H16F3N3O2. The van der Waals surface area contributed by atoms with Gasteiger partial charge in [0.05, 0.1) is 0 Å². The lowest BCUT2D eigenvalue weighted by atomic mass is 9.93. The zero-order valence-electron chi connectivity index (χ0n) is 9.96. The van der Waals surface area contributed by atoms with Crippen LogP contribution in [0.2, 0.25) is 0 Å². The monoisotopic (exact) mass is 267 g/mol. The van der Waals surface area contributed by atoms with E-state index in [9.17, 15) is 22.8 Å². The molecule has 1 saturated heterocycles. The summed E-state index contributed by atoms with van der Waals surface area (Å²) >= 11 is 0. The molecule has 1 unspecified atom stereocenters. The van der Waals surface area contributed by atoms with E-state index in [4.69, 9.17) is 11.5 Å². The summed E-state index contributed by atoms with van der Waals surface area (Å²) in [7, 11) is 0. The van der Waals surface area contributed by atoms with Crippen LogP contribution in [0.3, 0.4) is 0 Å². The first-order chi connectivity index (χ1) is 8.07. The van der Waals surface area contributed by atoms with Crippen molar-refractivity contribution in [2.75, 3.05) is 13.1 Å². The molecule has 0 radical (unpaired) electrons. The number of piperidine rings is 1. The molecule has 0 spiro atoms. The Morgan fingerprint density at radius 1 is 1.22 bits per heavy atom. The molecule has 0 aromatic carbocycles. The second-order valence-electron chi connectivity index (χ2n) is 4.67. The molecule has 1 atom stereocenters. The van der Waals surface area contributed by atoms with Crippen molar-refractivity contribution in [3.8, 4) is 0 Å². The van der Waals surface area contributed by atoms with E-state index < -0.39 is 23.5 Å². The number of likely N-dealkylation sites (tertiary alicyclic amines) is 1. The number of rotatable bonds is 2. The maximum atomic E-state index is 12.6. The highest BCUT2D eigenvalue weighted by Crippen LogP contribution is 2.30. The summed E-state index contributed by atoms with van der Waals surface area (Å²) in [4.78, 5) is 23.6. The molecule has 1 aliphatic rings. The third kappa shape index (κ3) is 2.74. The van der Waals surface area contributed by atoms with Gasteiger partial charge in [-0.3, -0.25) is 9.59 Å². The van der Waals surface area contributed by atoms with Crippen molar-refractivity contribution in [3.63, 3.8) is 0 Å². The Balaban J connectivity index is 2.69. The predicted octanol–water partition coefficient (Wildman–Crippen LogP) is -0.0100. The first-order valence-electron chi connectivity index (χ1n) is 5.51. The molecule has 18 heavy (non-hydrogen) atoms. The van der Waals surface area contributed by atoms with Gasteiger partial charge in [0.15, 0.2) is 5.54 Å². The van der Waals surface area contributed by atoms with Gasteiger partial charge in [0.25, 0.3) is 5.91 Å². The van der Waals surface area contributed by atoms with Crippen LogP contribution in [0, 0.1) is 5.92 Å². The lowest BCUT2D eigenvalue weighted by Gasteiger charge is -2.36. The number of carbonyl (C=O) groups excluding carboxylic acids is 2. The van der Waals surface area contributed by atoms with E-state index in [2.05, 4.69) is 0 Å². The Labute approximate surface area is 102 Å². The smallest absolute Gasteiger partial charge is 0.369 e. The van der Waals surface area contributed by atoms with E-state index in [1.807, 2.05) is 0 Å². The molecule has 2 amide bonds. The lowest BCUT2D eigenvalue weighted by molar-refractivity contribution is -0.194. The second kappa shape index (κ2) is 4.75.